The second-order valence-corrected chi connectivity index (χ2v) is 8.04. The summed E-state index contributed by atoms with van der Waals surface area (Å²) in [4.78, 5) is 19.0. The van der Waals surface area contributed by atoms with Gasteiger partial charge in [0.25, 0.3) is 5.91 Å². The van der Waals surface area contributed by atoms with E-state index in [1.807, 2.05) is 37.3 Å². The molecule has 2 aromatic carbocycles. The monoisotopic (exact) mass is 418 g/mol. The number of rotatable bonds is 7. The minimum Gasteiger partial charge on any atom is -0.369 e. The van der Waals surface area contributed by atoms with Gasteiger partial charge in [-0.15, -0.1) is 5.10 Å². The van der Waals surface area contributed by atoms with Gasteiger partial charge < -0.3 is 10.2 Å². The van der Waals surface area contributed by atoms with Crippen molar-refractivity contribution in [3.63, 3.8) is 0 Å². The third-order valence-corrected chi connectivity index (χ3v) is 5.66. The number of hydrogen-bond donors (Lipinski definition) is 1. The van der Waals surface area contributed by atoms with Crippen LogP contribution in [0.25, 0.3) is 5.69 Å². The molecular formula is C24H30N6O. The van der Waals surface area contributed by atoms with Crippen LogP contribution in [-0.4, -0.2) is 65.1 Å². The van der Waals surface area contributed by atoms with Gasteiger partial charge in [0.1, 0.15) is 0 Å². The van der Waals surface area contributed by atoms with Crippen LogP contribution in [0, 0.1) is 13.8 Å². The number of amides is 1. The normalized spacial score (nSPS) is 14.6. The Bertz CT molecular complexity index is 1010. The van der Waals surface area contributed by atoms with E-state index in [2.05, 4.69) is 56.5 Å². The number of anilines is 1. The fourth-order valence-corrected chi connectivity index (χ4v) is 3.91. The van der Waals surface area contributed by atoms with Gasteiger partial charge in [-0.05, 0) is 56.6 Å². The average Bonchev–Trinajstić information content (AvgIpc) is 3.19. The Morgan fingerprint density at radius 1 is 0.935 bits per heavy atom. The smallest absolute Gasteiger partial charge is 0.273 e. The number of benzene rings is 2. The largest absolute Gasteiger partial charge is 0.369 e. The second-order valence-electron chi connectivity index (χ2n) is 8.04. The lowest BCUT2D eigenvalue weighted by molar-refractivity contribution is 0.0945. The molecule has 1 saturated heterocycles. The lowest BCUT2D eigenvalue weighted by Crippen LogP contribution is -2.47. The van der Waals surface area contributed by atoms with E-state index in [9.17, 15) is 4.79 Å². The summed E-state index contributed by atoms with van der Waals surface area (Å²) in [5, 5.41) is 11.7. The van der Waals surface area contributed by atoms with Crippen molar-refractivity contribution >= 4 is 11.6 Å². The molecule has 0 bridgehead atoms. The van der Waals surface area contributed by atoms with E-state index >= 15 is 0 Å². The van der Waals surface area contributed by atoms with Crippen LogP contribution in [0.3, 0.4) is 0 Å². The Kier molecular flexibility index (Phi) is 6.62. The molecule has 1 aliphatic rings. The summed E-state index contributed by atoms with van der Waals surface area (Å²) in [6, 6.07) is 18.3. The van der Waals surface area contributed by atoms with Crippen LogP contribution in [0.1, 0.15) is 28.2 Å². The number of hydrogen-bond acceptors (Lipinski definition) is 5. The third kappa shape index (κ3) is 5.30. The summed E-state index contributed by atoms with van der Waals surface area (Å²) in [5.74, 6) is -0.163. The highest BCUT2D eigenvalue weighted by molar-refractivity contribution is 5.93. The molecule has 1 aromatic heterocycles. The van der Waals surface area contributed by atoms with Gasteiger partial charge in [-0.2, -0.15) is 9.90 Å². The van der Waals surface area contributed by atoms with Crippen LogP contribution in [0.2, 0.25) is 0 Å². The Hall–Kier alpha value is -3.19. The Labute approximate surface area is 183 Å². The molecule has 7 nitrogen and oxygen atoms in total. The standard InChI is InChI=1S/C24H30N6O/c1-19-8-6-11-22(18-19)29-16-14-28(15-17-29)13-7-12-25-24(31)23-20(2)26-30(27-23)21-9-4-3-5-10-21/h3-6,8-11,18H,7,12-17H2,1-2H3,(H,25,31). The van der Waals surface area contributed by atoms with Gasteiger partial charge in [-0.1, -0.05) is 30.3 Å². The molecule has 1 aliphatic heterocycles. The van der Waals surface area contributed by atoms with Crippen molar-refractivity contribution in [2.24, 2.45) is 0 Å². The maximum Gasteiger partial charge on any atom is 0.273 e. The van der Waals surface area contributed by atoms with E-state index < -0.39 is 0 Å². The zero-order chi connectivity index (χ0) is 21.6. The molecule has 2 heterocycles. The molecule has 162 valence electrons. The van der Waals surface area contributed by atoms with Gasteiger partial charge in [0.2, 0.25) is 0 Å². The van der Waals surface area contributed by atoms with E-state index in [-0.39, 0.29) is 5.91 Å². The molecule has 0 saturated carbocycles. The first-order valence-corrected chi connectivity index (χ1v) is 10.9. The molecule has 0 unspecified atom stereocenters. The van der Waals surface area contributed by atoms with Gasteiger partial charge in [-0.25, -0.2) is 0 Å². The lowest BCUT2D eigenvalue weighted by atomic mass is 10.2. The van der Waals surface area contributed by atoms with Crippen molar-refractivity contribution in [1.29, 1.82) is 0 Å². The van der Waals surface area contributed by atoms with Gasteiger partial charge in [0, 0.05) is 38.4 Å². The van der Waals surface area contributed by atoms with Crippen LogP contribution in [0.5, 0.6) is 0 Å². The summed E-state index contributed by atoms with van der Waals surface area (Å²) in [6.07, 6.45) is 0.919. The zero-order valence-electron chi connectivity index (χ0n) is 18.3. The number of para-hydroxylation sites is 1. The Morgan fingerprint density at radius 2 is 1.68 bits per heavy atom. The van der Waals surface area contributed by atoms with Crippen molar-refractivity contribution in [2.45, 2.75) is 20.3 Å². The maximum absolute atomic E-state index is 12.5. The minimum absolute atomic E-state index is 0.163. The van der Waals surface area contributed by atoms with E-state index in [0.717, 1.165) is 44.8 Å². The summed E-state index contributed by atoms with van der Waals surface area (Å²) < 4.78 is 0. The second kappa shape index (κ2) is 9.75. The third-order valence-electron chi connectivity index (χ3n) is 5.66. The van der Waals surface area contributed by atoms with Crippen molar-refractivity contribution in [3.05, 3.63) is 71.5 Å². The molecule has 1 amide bonds. The minimum atomic E-state index is -0.163. The molecule has 4 rings (SSSR count). The zero-order valence-corrected chi connectivity index (χ0v) is 18.3. The van der Waals surface area contributed by atoms with Crippen LogP contribution in [-0.2, 0) is 0 Å². The molecule has 7 heteroatoms. The van der Waals surface area contributed by atoms with Gasteiger partial charge in [-0.3, -0.25) is 9.69 Å². The van der Waals surface area contributed by atoms with Crippen molar-refractivity contribution in [2.75, 3.05) is 44.2 Å². The molecule has 0 radical (unpaired) electrons. The van der Waals surface area contributed by atoms with Gasteiger partial charge >= 0.3 is 0 Å². The molecule has 1 fully saturated rings. The number of carbonyl (C=O) groups is 1. The van der Waals surface area contributed by atoms with Gasteiger partial charge in [0.05, 0.1) is 11.4 Å². The molecule has 31 heavy (non-hydrogen) atoms. The van der Waals surface area contributed by atoms with E-state index in [0.29, 0.717) is 17.9 Å². The highest BCUT2D eigenvalue weighted by Crippen LogP contribution is 2.17. The predicted octanol–water partition coefficient (Wildman–Crippen LogP) is 2.83. The summed E-state index contributed by atoms with van der Waals surface area (Å²) in [6.45, 7) is 9.74. The van der Waals surface area contributed by atoms with Gasteiger partial charge in [0.15, 0.2) is 5.69 Å². The first-order valence-electron chi connectivity index (χ1n) is 10.9. The van der Waals surface area contributed by atoms with Crippen molar-refractivity contribution in [3.8, 4) is 5.69 Å². The number of piperazine rings is 1. The number of aromatic nitrogens is 3. The SMILES string of the molecule is Cc1cccc(N2CCN(CCCNC(=O)c3nn(-c4ccccc4)nc3C)CC2)c1. The number of nitrogens with zero attached hydrogens (tertiary/aromatic N) is 5. The van der Waals surface area contributed by atoms with Crippen LogP contribution in [0.15, 0.2) is 54.6 Å². The molecule has 3 aromatic rings. The van der Waals surface area contributed by atoms with E-state index in [4.69, 9.17) is 0 Å². The number of carbonyl (C=O) groups excluding carboxylic acids is 1. The highest BCUT2D eigenvalue weighted by Gasteiger charge is 2.18. The number of nitrogens with one attached hydrogen (secondary N) is 1. The molecule has 0 spiro atoms. The predicted molar refractivity (Wildman–Crippen MR) is 123 cm³/mol. The molecule has 1 N–H and O–H groups in total. The Morgan fingerprint density at radius 3 is 2.42 bits per heavy atom. The lowest BCUT2D eigenvalue weighted by Gasteiger charge is -2.36. The highest BCUT2D eigenvalue weighted by atomic mass is 16.2. The maximum atomic E-state index is 12.5. The fourth-order valence-electron chi connectivity index (χ4n) is 3.91. The summed E-state index contributed by atoms with van der Waals surface area (Å²) >= 11 is 0. The Balaban J connectivity index is 1.20. The first kappa shape index (κ1) is 21.1. The first-order chi connectivity index (χ1) is 15.1. The van der Waals surface area contributed by atoms with Crippen LogP contribution >= 0.6 is 0 Å². The average molecular weight is 419 g/mol. The summed E-state index contributed by atoms with van der Waals surface area (Å²) in [5.41, 5.74) is 4.47. The van der Waals surface area contributed by atoms with Crippen molar-refractivity contribution in [1.82, 2.24) is 25.2 Å². The van der Waals surface area contributed by atoms with E-state index in [1.54, 1.807) is 0 Å². The van der Waals surface area contributed by atoms with Crippen molar-refractivity contribution < 1.29 is 4.79 Å². The summed E-state index contributed by atoms with van der Waals surface area (Å²) in [7, 11) is 0. The fraction of sp³-hybridized carbons (Fsp3) is 0.375. The molecular weight excluding hydrogens is 388 g/mol. The topological polar surface area (TPSA) is 66.3 Å². The quantitative estimate of drug-likeness (QED) is 0.598. The van der Waals surface area contributed by atoms with Crippen LogP contribution < -0.4 is 10.2 Å². The molecule has 0 aliphatic carbocycles. The molecule has 0 atom stereocenters. The number of aryl methyl sites for hydroxylation is 2. The van der Waals surface area contributed by atoms with E-state index in [1.165, 1.54) is 16.0 Å². The van der Waals surface area contributed by atoms with Crippen LogP contribution in [0.4, 0.5) is 5.69 Å².